The van der Waals surface area contributed by atoms with Gasteiger partial charge in [0, 0.05) is 0 Å². The first-order valence-electron chi connectivity index (χ1n) is 6.93. The topological polar surface area (TPSA) is 29.1 Å². The minimum atomic E-state index is -1.15. The van der Waals surface area contributed by atoms with Crippen LogP contribution in [0.4, 0.5) is 0 Å². The Kier molecular flexibility index (Phi) is 11.9. The molecule has 0 heterocycles. The molecule has 0 rings (SSSR count). The summed E-state index contributed by atoms with van der Waals surface area (Å²) in [5.41, 5.74) is 0. The van der Waals surface area contributed by atoms with Crippen LogP contribution in [0.5, 0.6) is 0 Å². The van der Waals surface area contributed by atoms with Gasteiger partial charge in [0.25, 0.3) is 0 Å². The summed E-state index contributed by atoms with van der Waals surface area (Å²) in [5, 5.41) is 3.02. The molecule has 0 atom stereocenters. The monoisotopic (exact) mass is 335 g/mol. The van der Waals surface area contributed by atoms with Crippen LogP contribution in [0.3, 0.4) is 0 Å². The number of hydrogen-bond donors (Lipinski definition) is 1. The van der Waals surface area contributed by atoms with E-state index in [2.05, 4.69) is 22.1 Å². The Morgan fingerprint density at radius 2 is 1.69 bits per heavy atom. The summed E-state index contributed by atoms with van der Waals surface area (Å²) in [7, 11) is 0. The quantitative estimate of drug-likeness (QED) is 0.482. The maximum atomic E-state index is 11.4. The van der Waals surface area contributed by atoms with Crippen LogP contribution in [0, 0.1) is 0 Å². The van der Waals surface area contributed by atoms with Crippen LogP contribution in [-0.4, -0.2) is 32.2 Å². The summed E-state index contributed by atoms with van der Waals surface area (Å²) >= 11 is -1.15. The molecule has 0 saturated heterocycles. The van der Waals surface area contributed by atoms with E-state index in [1.807, 2.05) is 0 Å². The number of unbranched alkanes of at least 4 members (excludes halogenated alkanes) is 5. The molecule has 0 aliphatic rings. The Labute approximate surface area is 108 Å². The third kappa shape index (κ3) is 12.3. The molecule has 0 spiro atoms. The fourth-order valence-corrected chi connectivity index (χ4v) is 4.04. The standard InChI is InChI=1S/C11H22NO.2CH3.Sn.H/c1-3-5-6-7-8-9-10-12-11(13)4-2;;;;/h2-10H2,1H3,(H,12,13);2*1H3;;. The first-order chi connectivity index (χ1) is 7.66. The molecule has 96 valence electrons. The van der Waals surface area contributed by atoms with Crippen molar-refractivity contribution in [2.24, 2.45) is 0 Å². The molecular formula is C13H29NOSn. The van der Waals surface area contributed by atoms with Crippen molar-refractivity contribution in [1.82, 2.24) is 5.32 Å². The predicted molar refractivity (Wildman–Crippen MR) is 74.7 cm³/mol. The van der Waals surface area contributed by atoms with Gasteiger partial charge in [0.15, 0.2) is 0 Å². The van der Waals surface area contributed by atoms with Gasteiger partial charge in [-0.05, 0) is 0 Å². The van der Waals surface area contributed by atoms with E-state index in [9.17, 15) is 4.79 Å². The first-order valence-corrected chi connectivity index (χ1v) is 15.9. The average Bonchev–Trinajstić information content (AvgIpc) is 2.25. The first kappa shape index (κ1) is 16.3. The zero-order chi connectivity index (χ0) is 12.2. The molecule has 0 aliphatic heterocycles. The van der Waals surface area contributed by atoms with Gasteiger partial charge in [-0.1, -0.05) is 0 Å². The predicted octanol–water partition coefficient (Wildman–Crippen LogP) is 3.34. The summed E-state index contributed by atoms with van der Waals surface area (Å²) in [4.78, 5) is 16.1. The van der Waals surface area contributed by atoms with Crippen LogP contribution in [-0.2, 0) is 4.79 Å². The minimum absolute atomic E-state index is 0.277. The number of nitrogens with one attached hydrogen (secondary N) is 1. The fourth-order valence-electron chi connectivity index (χ4n) is 1.64. The van der Waals surface area contributed by atoms with Gasteiger partial charge in [0.1, 0.15) is 0 Å². The molecule has 0 bridgehead atoms. The molecule has 2 nitrogen and oxygen atoms in total. The second-order valence-electron chi connectivity index (χ2n) is 5.05. The second kappa shape index (κ2) is 11.7. The molecule has 0 aromatic heterocycles. The van der Waals surface area contributed by atoms with Crippen molar-refractivity contribution in [3.05, 3.63) is 0 Å². The molecule has 1 amide bonds. The number of rotatable bonds is 10. The summed E-state index contributed by atoms with van der Waals surface area (Å²) < 4.78 is 1.21. The molecule has 0 unspecified atom stereocenters. The van der Waals surface area contributed by atoms with Crippen molar-refractivity contribution in [3.63, 3.8) is 0 Å². The maximum absolute atomic E-state index is 11.4. The van der Waals surface area contributed by atoms with Crippen molar-refractivity contribution in [3.8, 4) is 0 Å². The summed E-state index contributed by atoms with van der Waals surface area (Å²) in [6.07, 6.45) is 8.54. The SMILES string of the molecule is CCCCCCCCNC(=O)C[CH2][SnH]([CH3])[CH3]. The van der Waals surface area contributed by atoms with E-state index in [4.69, 9.17) is 0 Å². The Hall–Kier alpha value is 0.269. The zero-order valence-corrected chi connectivity index (χ0v) is 14.6. The molecular weight excluding hydrogens is 305 g/mol. The van der Waals surface area contributed by atoms with E-state index in [-0.39, 0.29) is 5.91 Å². The third-order valence-electron chi connectivity index (χ3n) is 2.80. The van der Waals surface area contributed by atoms with Gasteiger partial charge >= 0.3 is 109 Å². The molecule has 16 heavy (non-hydrogen) atoms. The normalized spacial score (nSPS) is 10.8. The summed E-state index contributed by atoms with van der Waals surface area (Å²) in [6.45, 7) is 3.12. The Bertz CT molecular complexity index is 171. The van der Waals surface area contributed by atoms with Gasteiger partial charge in [-0.2, -0.15) is 0 Å². The second-order valence-corrected chi connectivity index (χ2v) is 14.7. The van der Waals surface area contributed by atoms with Gasteiger partial charge in [-0.3, -0.25) is 0 Å². The van der Waals surface area contributed by atoms with Crippen LogP contribution >= 0.6 is 0 Å². The van der Waals surface area contributed by atoms with Crippen molar-refractivity contribution in [1.29, 1.82) is 0 Å². The Morgan fingerprint density at radius 3 is 2.31 bits per heavy atom. The van der Waals surface area contributed by atoms with E-state index in [1.54, 1.807) is 0 Å². The molecule has 1 N–H and O–H groups in total. The molecule has 0 aromatic carbocycles. The molecule has 0 saturated carbocycles. The van der Waals surface area contributed by atoms with Gasteiger partial charge < -0.3 is 0 Å². The number of hydrogen-bond acceptors (Lipinski definition) is 1. The van der Waals surface area contributed by atoms with E-state index < -0.39 is 19.8 Å². The molecule has 0 radical (unpaired) electrons. The molecule has 3 heteroatoms. The average molecular weight is 334 g/mol. The van der Waals surface area contributed by atoms with Crippen LogP contribution < -0.4 is 5.32 Å². The zero-order valence-electron chi connectivity index (χ0n) is 11.3. The number of carbonyl (C=O) groups excluding carboxylic acids is 1. The number of carbonyl (C=O) groups is 1. The van der Waals surface area contributed by atoms with E-state index in [0.717, 1.165) is 19.4 Å². The van der Waals surface area contributed by atoms with Crippen molar-refractivity contribution in [2.75, 3.05) is 6.54 Å². The van der Waals surface area contributed by atoms with Gasteiger partial charge in [0.05, 0.1) is 0 Å². The molecule has 0 aliphatic carbocycles. The van der Waals surface area contributed by atoms with Crippen LogP contribution in [0.25, 0.3) is 0 Å². The van der Waals surface area contributed by atoms with E-state index in [0.29, 0.717) is 0 Å². The molecule has 0 aromatic rings. The van der Waals surface area contributed by atoms with Crippen molar-refractivity contribution in [2.45, 2.75) is 66.2 Å². The van der Waals surface area contributed by atoms with Gasteiger partial charge in [-0.25, -0.2) is 0 Å². The summed E-state index contributed by atoms with van der Waals surface area (Å²) in [6, 6.07) is 0. The molecule has 0 fully saturated rings. The van der Waals surface area contributed by atoms with E-state index in [1.165, 1.54) is 36.5 Å². The van der Waals surface area contributed by atoms with Crippen LogP contribution in [0.1, 0.15) is 51.9 Å². The van der Waals surface area contributed by atoms with Gasteiger partial charge in [0.2, 0.25) is 0 Å². The van der Waals surface area contributed by atoms with Crippen LogP contribution in [0.15, 0.2) is 0 Å². The van der Waals surface area contributed by atoms with Gasteiger partial charge in [-0.15, -0.1) is 0 Å². The third-order valence-corrected chi connectivity index (χ3v) is 6.92. The van der Waals surface area contributed by atoms with Crippen molar-refractivity contribution < 1.29 is 4.79 Å². The Morgan fingerprint density at radius 1 is 1.06 bits per heavy atom. The van der Waals surface area contributed by atoms with Crippen molar-refractivity contribution >= 4 is 25.7 Å². The number of amides is 1. The fraction of sp³-hybridized carbons (Fsp3) is 0.923. The van der Waals surface area contributed by atoms with E-state index >= 15 is 0 Å². The summed E-state index contributed by atoms with van der Waals surface area (Å²) in [5.74, 6) is 0.277. The van der Waals surface area contributed by atoms with Crippen LogP contribution in [0.2, 0.25) is 14.3 Å². The Balaban J connectivity index is 3.15.